The van der Waals surface area contributed by atoms with E-state index in [1.165, 1.54) is 58.1 Å². The van der Waals surface area contributed by atoms with E-state index in [0.717, 1.165) is 19.3 Å². The molecule has 38 heavy (non-hydrogen) atoms. The molecule has 0 radical (unpaired) electrons. The van der Waals surface area contributed by atoms with Gasteiger partial charge in [0.05, 0.1) is 20.6 Å². The summed E-state index contributed by atoms with van der Waals surface area (Å²) in [4.78, 5) is 36.6. The molecule has 0 saturated heterocycles. The first-order valence-electron chi connectivity index (χ1n) is 13.0. The number of rotatable bonds is 17. The van der Waals surface area contributed by atoms with Crippen LogP contribution in [0.3, 0.4) is 0 Å². The highest BCUT2D eigenvalue weighted by Crippen LogP contribution is 2.29. The van der Waals surface area contributed by atoms with E-state index in [4.69, 9.17) is 14.2 Å². The van der Waals surface area contributed by atoms with Crippen LogP contribution in [-0.4, -0.2) is 36.9 Å². The molecule has 2 aromatic rings. The number of benzene rings is 2. The summed E-state index contributed by atoms with van der Waals surface area (Å²) in [5.74, 6) is 0.00351. The van der Waals surface area contributed by atoms with Gasteiger partial charge < -0.3 is 19.3 Å². The van der Waals surface area contributed by atoms with Crippen molar-refractivity contribution < 1.29 is 33.7 Å². The summed E-state index contributed by atoms with van der Waals surface area (Å²) < 4.78 is 15.9. The van der Waals surface area contributed by atoms with Gasteiger partial charge in [-0.1, -0.05) is 69.7 Å². The van der Waals surface area contributed by atoms with Gasteiger partial charge in [0.1, 0.15) is 0 Å². The van der Waals surface area contributed by atoms with Crippen LogP contribution in [0.5, 0.6) is 23.0 Å². The Labute approximate surface area is 225 Å². The maximum atomic E-state index is 12.3. The Morgan fingerprint density at radius 1 is 0.737 bits per heavy atom. The number of ketones is 2. The van der Waals surface area contributed by atoms with Crippen LogP contribution in [0, 0.1) is 0 Å². The third-order valence-electron chi connectivity index (χ3n) is 5.87. The maximum absolute atomic E-state index is 12.3. The highest BCUT2D eigenvalue weighted by Gasteiger charge is 2.11. The normalized spacial score (nSPS) is 11.1. The molecular weight excluding hydrogens is 484 g/mol. The van der Waals surface area contributed by atoms with Crippen LogP contribution in [0.1, 0.15) is 75.8 Å². The van der Waals surface area contributed by atoms with Crippen LogP contribution >= 0.6 is 0 Å². The number of aromatic hydroxyl groups is 1. The standard InChI is InChI=1S/C31H38O7/c1-4-5-6-7-8-9-10-11-31(35)38-28-19-15-24(21-30(28)37-3)13-17-26(33)22-25(32)16-12-23-14-18-27(34)29(20-23)36-2/h12-21,34H,4-11,22H2,1-3H3/b16-12+,17-13+. The zero-order valence-electron chi connectivity index (χ0n) is 22.5. The van der Waals surface area contributed by atoms with E-state index >= 15 is 0 Å². The van der Waals surface area contributed by atoms with Gasteiger partial charge >= 0.3 is 5.97 Å². The lowest BCUT2D eigenvalue weighted by Crippen LogP contribution is -2.08. The van der Waals surface area contributed by atoms with Gasteiger partial charge in [-0.2, -0.15) is 0 Å². The van der Waals surface area contributed by atoms with Gasteiger partial charge in [-0.05, 0) is 54.0 Å². The summed E-state index contributed by atoms with van der Waals surface area (Å²) >= 11 is 0. The predicted octanol–water partition coefficient (Wildman–Crippen LogP) is 6.71. The minimum absolute atomic E-state index is 0.00242. The Morgan fingerprint density at radius 3 is 1.89 bits per heavy atom. The largest absolute Gasteiger partial charge is 0.504 e. The van der Waals surface area contributed by atoms with Crippen molar-refractivity contribution in [1.82, 2.24) is 0 Å². The minimum Gasteiger partial charge on any atom is -0.504 e. The molecule has 0 bridgehead atoms. The van der Waals surface area contributed by atoms with Crippen molar-refractivity contribution in [3.63, 3.8) is 0 Å². The maximum Gasteiger partial charge on any atom is 0.311 e. The minimum atomic E-state index is -0.355. The van der Waals surface area contributed by atoms with Gasteiger partial charge in [0.25, 0.3) is 0 Å². The Morgan fingerprint density at radius 2 is 1.29 bits per heavy atom. The van der Waals surface area contributed by atoms with Gasteiger partial charge in [-0.15, -0.1) is 0 Å². The molecule has 0 aliphatic heterocycles. The van der Waals surface area contributed by atoms with Crippen molar-refractivity contribution in [2.45, 2.75) is 64.7 Å². The van der Waals surface area contributed by atoms with Crippen LogP contribution in [0.15, 0.2) is 48.6 Å². The van der Waals surface area contributed by atoms with Gasteiger partial charge in [-0.3, -0.25) is 14.4 Å². The molecule has 204 valence electrons. The Hall–Kier alpha value is -3.87. The number of ether oxygens (including phenoxy) is 3. The molecular formula is C31H38O7. The number of esters is 1. The van der Waals surface area contributed by atoms with E-state index in [-0.39, 0.29) is 29.7 Å². The second-order valence-corrected chi connectivity index (χ2v) is 8.96. The lowest BCUT2D eigenvalue weighted by atomic mass is 10.1. The van der Waals surface area contributed by atoms with Crippen molar-refractivity contribution in [2.24, 2.45) is 0 Å². The van der Waals surface area contributed by atoms with E-state index in [1.54, 1.807) is 42.5 Å². The molecule has 7 nitrogen and oxygen atoms in total. The Bertz CT molecular complexity index is 1130. The number of unbranched alkanes of at least 4 members (excludes halogenated alkanes) is 6. The summed E-state index contributed by atoms with van der Waals surface area (Å²) in [6.45, 7) is 2.19. The molecule has 0 aromatic heterocycles. The molecule has 0 heterocycles. The van der Waals surface area contributed by atoms with Gasteiger partial charge in [0.15, 0.2) is 34.6 Å². The average molecular weight is 523 g/mol. The summed E-state index contributed by atoms with van der Waals surface area (Å²) in [5.41, 5.74) is 1.33. The monoisotopic (exact) mass is 522 g/mol. The number of allylic oxidation sites excluding steroid dienone is 2. The lowest BCUT2D eigenvalue weighted by Gasteiger charge is -2.10. The summed E-state index contributed by atoms with van der Waals surface area (Å²) in [5, 5.41) is 9.64. The van der Waals surface area contributed by atoms with Crippen molar-refractivity contribution in [3.8, 4) is 23.0 Å². The molecule has 7 heteroatoms. The number of carbonyl (C=O) groups is 3. The van der Waals surface area contributed by atoms with Crippen molar-refractivity contribution in [1.29, 1.82) is 0 Å². The molecule has 0 fully saturated rings. The van der Waals surface area contributed by atoms with Gasteiger partial charge in [0, 0.05) is 6.42 Å². The van der Waals surface area contributed by atoms with E-state index in [2.05, 4.69) is 6.92 Å². The number of phenols is 1. The molecule has 0 unspecified atom stereocenters. The molecule has 2 rings (SSSR count). The molecule has 1 N–H and O–H groups in total. The fourth-order valence-corrected chi connectivity index (χ4v) is 3.74. The zero-order chi connectivity index (χ0) is 27.8. The van der Waals surface area contributed by atoms with Crippen molar-refractivity contribution in [2.75, 3.05) is 14.2 Å². The predicted molar refractivity (Wildman–Crippen MR) is 149 cm³/mol. The van der Waals surface area contributed by atoms with E-state index < -0.39 is 0 Å². The lowest BCUT2D eigenvalue weighted by molar-refractivity contribution is -0.134. The Balaban J connectivity index is 1.84. The number of hydrogen-bond acceptors (Lipinski definition) is 7. The van der Waals surface area contributed by atoms with Crippen LogP contribution in [-0.2, 0) is 14.4 Å². The third-order valence-corrected chi connectivity index (χ3v) is 5.87. The highest BCUT2D eigenvalue weighted by molar-refractivity contribution is 6.10. The summed E-state index contributed by atoms with van der Waals surface area (Å²) in [7, 11) is 2.92. The second kappa shape index (κ2) is 16.8. The topological polar surface area (TPSA) is 99.1 Å². The van der Waals surface area contributed by atoms with Crippen LogP contribution in [0.25, 0.3) is 12.2 Å². The highest BCUT2D eigenvalue weighted by atomic mass is 16.6. The zero-order valence-corrected chi connectivity index (χ0v) is 22.5. The van der Waals surface area contributed by atoms with E-state index in [1.807, 2.05) is 0 Å². The van der Waals surface area contributed by atoms with Crippen molar-refractivity contribution >= 4 is 29.7 Å². The molecule has 2 aromatic carbocycles. The average Bonchev–Trinajstić information content (AvgIpc) is 2.91. The number of phenolic OH excluding ortho intramolecular Hbond substituents is 1. The SMILES string of the molecule is CCCCCCCCCC(=O)Oc1ccc(/C=C/C(=O)CC(=O)/C=C/c2ccc(O)c(OC)c2)cc1OC. The number of carbonyl (C=O) groups excluding carboxylic acids is 3. The first-order valence-corrected chi connectivity index (χ1v) is 13.0. The van der Waals surface area contributed by atoms with Gasteiger partial charge in [0.2, 0.25) is 0 Å². The number of hydrogen-bond donors (Lipinski definition) is 1. The van der Waals surface area contributed by atoms with E-state index in [0.29, 0.717) is 34.8 Å². The first-order chi connectivity index (χ1) is 18.4. The summed E-state index contributed by atoms with van der Waals surface area (Å²) in [6, 6.07) is 9.69. The van der Waals surface area contributed by atoms with Crippen LogP contribution in [0.2, 0.25) is 0 Å². The fourth-order valence-electron chi connectivity index (χ4n) is 3.74. The van der Waals surface area contributed by atoms with Crippen LogP contribution < -0.4 is 14.2 Å². The second-order valence-electron chi connectivity index (χ2n) is 8.96. The molecule has 0 amide bonds. The molecule has 0 aliphatic carbocycles. The Kier molecular flexibility index (Phi) is 13.4. The van der Waals surface area contributed by atoms with Crippen LogP contribution in [0.4, 0.5) is 0 Å². The van der Waals surface area contributed by atoms with Gasteiger partial charge in [-0.25, -0.2) is 0 Å². The smallest absolute Gasteiger partial charge is 0.311 e. The third kappa shape index (κ3) is 11.0. The number of methoxy groups -OCH3 is 2. The molecule has 0 saturated carbocycles. The first kappa shape index (κ1) is 30.4. The van der Waals surface area contributed by atoms with E-state index in [9.17, 15) is 19.5 Å². The van der Waals surface area contributed by atoms with Crippen molar-refractivity contribution in [3.05, 3.63) is 59.7 Å². The molecule has 0 atom stereocenters. The summed E-state index contributed by atoms with van der Waals surface area (Å²) in [6.07, 6.45) is 13.7. The molecule has 0 aliphatic rings. The quantitative estimate of drug-likeness (QED) is 0.0810. The fraction of sp³-hybridized carbons (Fsp3) is 0.387. The molecule has 0 spiro atoms.